The zero-order chi connectivity index (χ0) is 21.7. The van der Waals surface area contributed by atoms with E-state index in [1.54, 1.807) is 13.3 Å². The molecule has 0 unspecified atom stereocenters. The van der Waals surface area contributed by atoms with E-state index in [2.05, 4.69) is 26.9 Å². The summed E-state index contributed by atoms with van der Waals surface area (Å²) < 4.78 is 23.7. The van der Waals surface area contributed by atoms with Crippen LogP contribution in [0.3, 0.4) is 0 Å². The molecule has 6 rings (SSSR count). The van der Waals surface area contributed by atoms with Crippen molar-refractivity contribution in [1.82, 2.24) is 29.5 Å². The van der Waals surface area contributed by atoms with Gasteiger partial charge in [0.25, 0.3) is 0 Å². The van der Waals surface area contributed by atoms with E-state index in [1.165, 1.54) is 12.8 Å². The second-order valence-electron chi connectivity index (χ2n) is 8.40. The third-order valence-electron chi connectivity index (χ3n) is 6.15. The van der Waals surface area contributed by atoms with Gasteiger partial charge in [0.15, 0.2) is 0 Å². The van der Waals surface area contributed by atoms with E-state index in [-0.39, 0.29) is 6.04 Å². The molecule has 2 atom stereocenters. The van der Waals surface area contributed by atoms with E-state index in [9.17, 15) is 4.39 Å². The minimum absolute atomic E-state index is 0.279. The minimum atomic E-state index is -0.928. The third-order valence-corrected chi connectivity index (χ3v) is 6.15. The zero-order valence-electron chi connectivity index (χ0n) is 17.7. The average Bonchev–Trinajstić information content (AvgIpc) is 3.20. The zero-order valence-corrected chi connectivity index (χ0v) is 17.7. The molecule has 1 saturated carbocycles. The predicted molar refractivity (Wildman–Crippen MR) is 120 cm³/mol. The standard InChI is InChI=1S/C23H24FN7O/c1-32-21-7-23-26-11-20(18-3-2-4-22(28-18)29-19-10-25-9-17(19)24)30(23)13-16(21)14-8-27-31(12-14)15-5-6-15/h2-4,7-8,11-13,15,17,19,25H,5-6,9-10H2,1H3,(H,28,29)/t17-,19-/m0/s1. The number of imidazole rings is 1. The molecule has 4 aromatic heterocycles. The van der Waals surface area contributed by atoms with Gasteiger partial charge in [0.05, 0.1) is 43.0 Å². The molecule has 1 aliphatic heterocycles. The van der Waals surface area contributed by atoms with Crippen LogP contribution < -0.4 is 15.4 Å². The molecule has 0 radical (unpaired) electrons. The molecule has 0 aromatic carbocycles. The van der Waals surface area contributed by atoms with Crippen molar-refractivity contribution in [3.05, 3.63) is 49.1 Å². The molecule has 2 N–H and O–H groups in total. The van der Waals surface area contributed by atoms with Gasteiger partial charge in [-0.25, -0.2) is 14.4 Å². The Morgan fingerprint density at radius 3 is 2.88 bits per heavy atom. The van der Waals surface area contributed by atoms with Crippen LogP contribution in [0.5, 0.6) is 5.75 Å². The maximum Gasteiger partial charge on any atom is 0.140 e. The Labute approximate surface area is 184 Å². The van der Waals surface area contributed by atoms with E-state index in [1.807, 2.05) is 45.7 Å². The highest BCUT2D eigenvalue weighted by Gasteiger charge is 2.27. The van der Waals surface area contributed by atoms with Gasteiger partial charge in [0, 0.05) is 42.7 Å². The maximum absolute atomic E-state index is 14.0. The van der Waals surface area contributed by atoms with E-state index >= 15 is 0 Å². The van der Waals surface area contributed by atoms with Crippen molar-refractivity contribution >= 4 is 11.5 Å². The summed E-state index contributed by atoms with van der Waals surface area (Å²) in [5, 5.41) is 10.8. The number of hydrogen-bond acceptors (Lipinski definition) is 6. The van der Waals surface area contributed by atoms with Crippen LogP contribution in [-0.2, 0) is 0 Å². The molecule has 9 heteroatoms. The van der Waals surface area contributed by atoms with Gasteiger partial charge in [0.2, 0.25) is 0 Å². The summed E-state index contributed by atoms with van der Waals surface area (Å²) in [4.78, 5) is 9.29. The summed E-state index contributed by atoms with van der Waals surface area (Å²) in [6, 6.07) is 7.87. The molecule has 4 aromatic rings. The number of ether oxygens (including phenoxy) is 1. The Hall–Kier alpha value is -3.46. The molecule has 0 bridgehead atoms. The monoisotopic (exact) mass is 433 g/mol. The summed E-state index contributed by atoms with van der Waals surface area (Å²) in [5.41, 5.74) is 4.32. The topological polar surface area (TPSA) is 81.3 Å². The summed E-state index contributed by atoms with van der Waals surface area (Å²) >= 11 is 0. The van der Waals surface area contributed by atoms with Crippen LogP contribution in [0, 0.1) is 0 Å². The second kappa shape index (κ2) is 7.59. The summed E-state index contributed by atoms with van der Waals surface area (Å²) in [6.45, 7) is 0.951. The van der Waals surface area contributed by atoms with Crippen LogP contribution in [0.4, 0.5) is 10.2 Å². The van der Waals surface area contributed by atoms with Gasteiger partial charge in [-0.3, -0.25) is 9.08 Å². The number of fused-ring (bicyclic) bond motifs is 1. The van der Waals surface area contributed by atoms with E-state index in [4.69, 9.17) is 9.72 Å². The third kappa shape index (κ3) is 3.38. The predicted octanol–water partition coefficient (Wildman–Crippen LogP) is 3.33. The number of aromatic nitrogens is 5. The Balaban J connectivity index is 1.38. The molecule has 2 fully saturated rings. The molecule has 8 nitrogen and oxygen atoms in total. The molecule has 5 heterocycles. The quantitative estimate of drug-likeness (QED) is 0.486. The first kappa shape index (κ1) is 19.2. The van der Waals surface area contributed by atoms with Gasteiger partial charge in [-0.05, 0) is 25.0 Å². The molecule has 1 aliphatic carbocycles. The molecular weight excluding hydrogens is 409 g/mol. The smallest absolute Gasteiger partial charge is 0.140 e. The van der Waals surface area contributed by atoms with Crippen LogP contribution in [0.15, 0.2) is 49.1 Å². The first-order valence-corrected chi connectivity index (χ1v) is 10.9. The molecular formula is C23H24FN7O. The highest BCUT2D eigenvalue weighted by molar-refractivity contribution is 5.73. The van der Waals surface area contributed by atoms with Crippen molar-refractivity contribution in [3.63, 3.8) is 0 Å². The fourth-order valence-electron chi connectivity index (χ4n) is 4.23. The van der Waals surface area contributed by atoms with E-state index in [0.29, 0.717) is 24.9 Å². The lowest BCUT2D eigenvalue weighted by Gasteiger charge is -2.15. The molecule has 1 saturated heterocycles. The average molecular weight is 433 g/mol. The number of anilines is 1. The molecule has 0 amide bonds. The number of nitrogens with one attached hydrogen (secondary N) is 2. The number of hydrogen-bond donors (Lipinski definition) is 2. The number of rotatable bonds is 6. The van der Waals surface area contributed by atoms with Crippen molar-refractivity contribution in [1.29, 1.82) is 0 Å². The normalized spacial score (nSPS) is 20.7. The molecule has 164 valence electrons. The van der Waals surface area contributed by atoms with Crippen LogP contribution in [0.1, 0.15) is 18.9 Å². The summed E-state index contributed by atoms with van der Waals surface area (Å²) in [7, 11) is 1.66. The SMILES string of the molecule is COc1cc2ncc(-c3cccc(N[C@H]4CNC[C@@H]4F)n3)n2cc1-c1cnn(C2CC2)c1. The summed E-state index contributed by atoms with van der Waals surface area (Å²) in [5.74, 6) is 1.39. The number of alkyl halides is 1. The highest BCUT2D eigenvalue weighted by atomic mass is 19.1. The van der Waals surface area contributed by atoms with Crippen molar-refractivity contribution in [2.24, 2.45) is 0 Å². The van der Waals surface area contributed by atoms with E-state index in [0.717, 1.165) is 33.9 Å². The number of halogens is 1. The highest BCUT2D eigenvalue weighted by Crippen LogP contribution is 2.37. The Kier molecular flexibility index (Phi) is 4.57. The lowest BCUT2D eigenvalue weighted by molar-refractivity contribution is 0.342. The number of nitrogens with zero attached hydrogens (tertiary/aromatic N) is 5. The Bertz CT molecular complexity index is 1280. The fraction of sp³-hybridized carbons (Fsp3) is 0.348. The minimum Gasteiger partial charge on any atom is -0.496 e. The Morgan fingerprint density at radius 1 is 1.19 bits per heavy atom. The van der Waals surface area contributed by atoms with Crippen LogP contribution in [0.25, 0.3) is 28.2 Å². The lowest BCUT2D eigenvalue weighted by atomic mass is 10.1. The first-order chi connectivity index (χ1) is 15.7. The summed E-state index contributed by atoms with van der Waals surface area (Å²) in [6.07, 6.45) is 9.20. The van der Waals surface area contributed by atoms with Crippen molar-refractivity contribution in [3.8, 4) is 28.3 Å². The van der Waals surface area contributed by atoms with E-state index < -0.39 is 6.17 Å². The van der Waals surface area contributed by atoms with Crippen LogP contribution >= 0.6 is 0 Å². The van der Waals surface area contributed by atoms with Crippen LogP contribution in [-0.4, -0.2) is 56.6 Å². The fourth-order valence-corrected chi connectivity index (χ4v) is 4.23. The number of methoxy groups -OCH3 is 1. The van der Waals surface area contributed by atoms with Crippen molar-refractivity contribution < 1.29 is 9.13 Å². The lowest BCUT2D eigenvalue weighted by Crippen LogP contribution is -2.29. The maximum atomic E-state index is 14.0. The molecule has 32 heavy (non-hydrogen) atoms. The van der Waals surface area contributed by atoms with Crippen LogP contribution in [0.2, 0.25) is 0 Å². The van der Waals surface area contributed by atoms with Crippen molar-refractivity contribution in [2.45, 2.75) is 31.1 Å². The Morgan fingerprint density at radius 2 is 2.09 bits per heavy atom. The second-order valence-corrected chi connectivity index (χ2v) is 8.40. The van der Waals surface area contributed by atoms with Gasteiger partial charge in [-0.2, -0.15) is 5.10 Å². The van der Waals surface area contributed by atoms with Gasteiger partial charge < -0.3 is 15.4 Å². The molecule has 2 aliphatic rings. The van der Waals surface area contributed by atoms with Gasteiger partial charge in [0.1, 0.15) is 23.4 Å². The van der Waals surface area contributed by atoms with Gasteiger partial charge in [-0.1, -0.05) is 6.07 Å². The molecule has 0 spiro atoms. The van der Waals surface area contributed by atoms with Gasteiger partial charge >= 0.3 is 0 Å². The van der Waals surface area contributed by atoms with Gasteiger partial charge in [-0.15, -0.1) is 0 Å². The number of pyridine rings is 2. The first-order valence-electron chi connectivity index (χ1n) is 10.9. The van der Waals surface area contributed by atoms with Crippen molar-refractivity contribution in [2.75, 3.05) is 25.5 Å². The largest absolute Gasteiger partial charge is 0.496 e.